The topological polar surface area (TPSA) is 29.9 Å². The normalized spacial score (nSPS) is 13.9. The summed E-state index contributed by atoms with van der Waals surface area (Å²) in [6.07, 6.45) is 3.49. The fraction of sp³-hybridized carbons (Fsp3) is 0.286. The molecule has 1 N–H and O–H groups in total. The van der Waals surface area contributed by atoms with Gasteiger partial charge in [-0.25, -0.2) is 4.68 Å². The van der Waals surface area contributed by atoms with Gasteiger partial charge < -0.3 is 5.32 Å². The summed E-state index contributed by atoms with van der Waals surface area (Å²) < 4.78 is 2.11. The third kappa shape index (κ3) is 2.60. The quantitative estimate of drug-likeness (QED) is 0.728. The summed E-state index contributed by atoms with van der Waals surface area (Å²) in [5.41, 5.74) is 7.35. The zero-order valence-electron chi connectivity index (χ0n) is 14.3. The van der Waals surface area contributed by atoms with E-state index in [1.165, 1.54) is 40.9 Å². The molecule has 3 nitrogen and oxygen atoms in total. The van der Waals surface area contributed by atoms with Crippen LogP contribution in [0.25, 0.3) is 16.9 Å². The van der Waals surface area contributed by atoms with Crippen LogP contribution in [0.1, 0.15) is 29.5 Å². The molecule has 1 aliphatic heterocycles. The van der Waals surface area contributed by atoms with E-state index >= 15 is 0 Å². The van der Waals surface area contributed by atoms with Gasteiger partial charge >= 0.3 is 0 Å². The van der Waals surface area contributed by atoms with Crippen molar-refractivity contribution in [2.45, 2.75) is 33.1 Å². The fourth-order valence-corrected chi connectivity index (χ4v) is 3.55. The number of anilines is 1. The maximum atomic E-state index is 5.02. The van der Waals surface area contributed by atoms with Crippen molar-refractivity contribution < 1.29 is 0 Å². The highest BCUT2D eigenvalue weighted by atomic mass is 15.3. The van der Waals surface area contributed by atoms with Crippen molar-refractivity contribution in [1.29, 1.82) is 0 Å². The molecule has 3 heteroatoms. The number of rotatable bonds is 2. The minimum atomic E-state index is 1.01. The van der Waals surface area contributed by atoms with Crippen LogP contribution >= 0.6 is 0 Å². The lowest BCUT2D eigenvalue weighted by Crippen LogP contribution is -2.08. The SMILES string of the molecule is Cc1ccc(-n2nc(-c3ccccc3)c3c2NCCCC3)c(C)c1. The van der Waals surface area contributed by atoms with Crippen molar-refractivity contribution in [3.63, 3.8) is 0 Å². The van der Waals surface area contributed by atoms with E-state index in [-0.39, 0.29) is 0 Å². The smallest absolute Gasteiger partial charge is 0.133 e. The first-order valence-corrected chi connectivity index (χ1v) is 8.73. The predicted octanol–water partition coefficient (Wildman–Crippen LogP) is 4.90. The molecule has 3 aromatic rings. The van der Waals surface area contributed by atoms with Crippen LogP contribution in [0.3, 0.4) is 0 Å². The van der Waals surface area contributed by atoms with Crippen LogP contribution < -0.4 is 5.32 Å². The van der Waals surface area contributed by atoms with E-state index in [4.69, 9.17) is 5.10 Å². The summed E-state index contributed by atoms with van der Waals surface area (Å²) in [5.74, 6) is 1.17. The average Bonchev–Trinajstić information content (AvgIpc) is 2.78. The monoisotopic (exact) mass is 317 g/mol. The molecule has 2 aromatic carbocycles. The van der Waals surface area contributed by atoms with Crippen molar-refractivity contribution in [2.24, 2.45) is 0 Å². The lowest BCUT2D eigenvalue weighted by Gasteiger charge is -2.12. The van der Waals surface area contributed by atoms with Crippen molar-refractivity contribution in [3.8, 4) is 16.9 Å². The molecule has 4 rings (SSSR count). The summed E-state index contributed by atoms with van der Waals surface area (Å²) in [7, 11) is 0. The molecule has 0 saturated carbocycles. The summed E-state index contributed by atoms with van der Waals surface area (Å²) >= 11 is 0. The summed E-state index contributed by atoms with van der Waals surface area (Å²) in [4.78, 5) is 0. The second kappa shape index (κ2) is 6.16. The minimum absolute atomic E-state index is 1.01. The van der Waals surface area contributed by atoms with E-state index in [0.717, 1.165) is 24.3 Å². The zero-order valence-corrected chi connectivity index (χ0v) is 14.3. The standard InChI is InChI=1S/C21H23N3/c1-15-11-12-19(16(2)14-15)24-21-18(10-6-7-13-22-21)20(23-24)17-8-4-3-5-9-17/h3-5,8-9,11-12,14,22H,6-7,10,13H2,1-2H3. The second-order valence-corrected chi connectivity index (χ2v) is 6.63. The van der Waals surface area contributed by atoms with E-state index in [9.17, 15) is 0 Å². The number of hydrogen-bond donors (Lipinski definition) is 1. The number of hydrogen-bond acceptors (Lipinski definition) is 2. The largest absolute Gasteiger partial charge is 0.370 e. The molecule has 0 aliphatic carbocycles. The van der Waals surface area contributed by atoms with Gasteiger partial charge in [0.05, 0.1) is 11.4 Å². The molecule has 0 atom stereocenters. The van der Waals surface area contributed by atoms with Gasteiger partial charge in [0.15, 0.2) is 0 Å². The van der Waals surface area contributed by atoms with Crippen LogP contribution in [0, 0.1) is 13.8 Å². The molecule has 0 radical (unpaired) electrons. The molecule has 24 heavy (non-hydrogen) atoms. The molecule has 0 saturated heterocycles. The summed E-state index contributed by atoms with van der Waals surface area (Å²) in [6, 6.07) is 17.1. The van der Waals surface area contributed by atoms with E-state index in [2.05, 4.69) is 72.4 Å². The van der Waals surface area contributed by atoms with Crippen molar-refractivity contribution >= 4 is 5.82 Å². The van der Waals surface area contributed by atoms with Crippen LogP contribution in [-0.4, -0.2) is 16.3 Å². The van der Waals surface area contributed by atoms with Crippen molar-refractivity contribution in [3.05, 3.63) is 65.2 Å². The highest BCUT2D eigenvalue weighted by molar-refractivity contribution is 5.71. The Labute approximate surface area is 143 Å². The summed E-state index contributed by atoms with van der Waals surface area (Å²) in [5, 5.41) is 8.64. The van der Waals surface area contributed by atoms with E-state index in [1.807, 2.05) is 0 Å². The molecule has 122 valence electrons. The van der Waals surface area contributed by atoms with Crippen molar-refractivity contribution in [2.75, 3.05) is 11.9 Å². The molecule has 1 aromatic heterocycles. The van der Waals surface area contributed by atoms with Gasteiger partial charge in [-0.3, -0.25) is 0 Å². The number of aromatic nitrogens is 2. The number of nitrogens with zero attached hydrogens (tertiary/aromatic N) is 2. The molecular weight excluding hydrogens is 294 g/mol. The Bertz CT molecular complexity index is 862. The first-order chi connectivity index (χ1) is 11.7. The Balaban J connectivity index is 1.93. The van der Waals surface area contributed by atoms with Crippen LogP contribution in [0.2, 0.25) is 0 Å². The Hall–Kier alpha value is -2.55. The van der Waals surface area contributed by atoms with Crippen LogP contribution in [0.15, 0.2) is 48.5 Å². The Morgan fingerprint density at radius 2 is 1.83 bits per heavy atom. The van der Waals surface area contributed by atoms with Gasteiger partial charge in [0.2, 0.25) is 0 Å². The molecule has 0 amide bonds. The van der Waals surface area contributed by atoms with Gasteiger partial charge in [0.25, 0.3) is 0 Å². The molecule has 1 aliphatic rings. The molecule has 0 fully saturated rings. The van der Waals surface area contributed by atoms with E-state index in [1.54, 1.807) is 0 Å². The molecule has 0 unspecified atom stereocenters. The van der Waals surface area contributed by atoms with Gasteiger partial charge in [0.1, 0.15) is 5.82 Å². The van der Waals surface area contributed by atoms with Gasteiger partial charge in [-0.2, -0.15) is 5.10 Å². The number of fused-ring (bicyclic) bond motifs is 1. The summed E-state index contributed by atoms with van der Waals surface area (Å²) in [6.45, 7) is 5.31. The fourth-order valence-electron chi connectivity index (χ4n) is 3.55. The second-order valence-electron chi connectivity index (χ2n) is 6.63. The number of aryl methyl sites for hydroxylation is 2. The maximum absolute atomic E-state index is 5.02. The number of nitrogens with one attached hydrogen (secondary N) is 1. The Morgan fingerprint density at radius 1 is 1.00 bits per heavy atom. The average molecular weight is 317 g/mol. The van der Waals surface area contributed by atoms with Gasteiger partial charge in [-0.05, 0) is 44.7 Å². The molecular formula is C21H23N3. The highest BCUT2D eigenvalue weighted by Gasteiger charge is 2.22. The first-order valence-electron chi connectivity index (χ1n) is 8.73. The minimum Gasteiger partial charge on any atom is -0.370 e. The van der Waals surface area contributed by atoms with E-state index in [0.29, 0.717) is 0 Å². The third-order valence-corrected chi connectivity index (χ3v) is 4.76. The third-order valence-electron chi connectivity index (χ3n) is 4.76. The lowest BCUT2D eigenvalue weighted by atomic mass is 10.0. The Kier molecular flexibility index (Phi) is 3.85. The van der Waals surface area contributed by atoms with Crippen LogP contribution in [0.4, 0.5) is 5.82 Å². The van der Waals surface area contributed by atoms with Crippen molar-refractivity contribution in [1.82, 2.24) is 9.78 Å². The first kappa shape index (κ1) is 15.0. The van der Waals surface area contributed by atoms with E-state index < -0.39 is 0 Å². The number of benzene rings is 2. The Morgan fingerprint density at radius 3 is 2.62 bits per heavy atom. The van der Waals surface area contributed by atoms with Gasteiger partial charge in [-0.1, -0.05) is 48.0 Å². The molecule has 2 heterocycles. The van der Waals surface area contributed by atoms with Crippen LogP contribution in [0.5, 0.6) is 0 Å². The highest BCUT2D eigenvalue weighted by Crippen LogP contribution is 2.34. The lowest BCUT2D eigenvalue weighted by molar-refractivity contribution is 0.779. The van der Waals surface area contributed by atoms with Crippen LogP contribution in [-0.2, 0) is 6.42 Å². The molecule has 0 bridgehead atoms. The van der Waals surface area contributed by atoms with Gasteiger partial charge in [-0.15, -0.1) is 0 Å². The predicted molar refractivity (Wildman–Crippen MR) is 99.9 cm³/mol. The zero-order chi connectivity index (χ0) is 16.5. The van der Waals surface area contributed by atoms with Gasteiger partial charge in [0, 0.05) is 17.7 Å². The maximum Gasteiger partial charge on any atom is 0.133 e. The molecule has 0 spiro atoms.